The fourth-order valence-electron chi connectivity index (χ4n) is 2.79. The summed E-state index contributed by atoms with van der Waals surface area (Å²) in [6, 6.07) is 9.15. The maximum Gasteiger partial charge on any atom is 0.251 e. The van der Waals surface area contributed by atoms with Gasteiger partial charge in [-0.15, -0.1) is 0 Å². The first-order valence-electron chi connectivity index (χ1n) is 8.64. The van der Waals surface area contributed by atoms with E-state index in [-0.39, 0.29) is 23.6 Å². The minimum absolute atomic E-state index is 0.0140. The molecule has 0 aliphatic rings. The average molecular weight is 331 g/mol. The summed E-state index contributed by atoms with van der Waals surface area (Å²) in [7, 11) is 0. The molecule has 2 aromatic rings. The quantitative estimate of drug-likeness (QED) is 0.865. The van der Waals surface area contributed by atoms with Crippen molar-refractivity contribution < 1.29 is 9.84 Å². The summed E-state index contributed by atoms with van der Waals surface area (Å²) >= 11 is 0. The first kappa shape index (κ1) is 18.5. The molecular formula is C20H29NO3. The van der Waals surface area contributed by atoms with Crippen LogP contribution in [0.15, 0.2) is 35.1 Å². The van der Waals surface area contributed by atoms with Crippen LogP contribution in [-0.2, 0) is 0 Å². The van der Waals surface area contributed by atoms with Crippen molar-refractivity contribution in [3.63, 3.8) is 0 Å². The number of aliphatic hydroxyl groups excluding tert-OH is 1. The fourth-order valence-corrected chi connectivity index (χ4v) is 2.79. The van der Waals surface area contributed by atoms with Gasteiger partial charge in [0, 0.05) is 17.5 Å². The van der Waals surface area contributed by atoms with E-state index in [1.165, 1.54) is 0 Å². The zero-order valence-corrected chi connectivity index (χ0v) is 15.4. The van der Waals surface area contributed by atoms with Crippen molar-refractivity contribution in [3.05, 3.63) is 40.7 Å². The van der Waals surface area contributed by atoms with Gasteiger partial charge < -0.3 is 14.4 Å². The lowest BCUT2D eigenvalue weighted by Gasteiger charge is -2.21. The average Bonchev–Trinajstić information content (AvgIpc) is 2.49. The molecule has 1 heterocycles. The Morgan fingerprint density at radius 3 is 2.50 bits per heavy atom. The van der Waals surface area contributed by atoms with Crippen molar-refractivity contribution in [2.24, 2.45) is 5.41 Å². The van der Waals surface area contributed by atoms with Crippen molar-refractivity contribution in [2.45, 2.75) is 59.6 Å². The van der Waals surface area contributed by atoms with Gasteiger partial charge in [-0.1, -0.05) is 26.8 Å². The van der Waals surface area contributed by atoms with Crippen molar-refractivity contribution in [2.75, 3.05) is 6.61 Å². The Morgan fingerprint density at radius 1 is 1.17 bits per heavy atom. The summed E-state index contributed by atoms with van der Waals surface area (Å²) in [4.78, 5) is 12.1. The van der Waals surface area contributed by atoms with E-state index in [1.54, 1.807) is 16.7 Å². The summed E-state index contributed by atoms with van der Waals surface area (Å²) in [5.41, 5.74) is 1.05. The predicted octanol–water partition coefficient (Wildman–Crippen LogP) is 4.15. The van der Waals surface area contributed by atoms with E-state index in [4.69, 9.17) is 4.74 Å². The molecule has 1 atom stereocenters. The highest BCUT2D eigenvalue weighted by molar-refractivity contribution is 5.85. The standard InChI is InChI=1S/C20H29NO3/c1-14(2)21-17-7-6-8-18(16(17)9-10-19(21)23)24-13-15(22)11-12-20(3,4)5/h6-10,14-15,22H,11-13H2,1-5H3. The van der Waals surface area contributed by atoms with E-state index in [0.717, 1.165) is 17.3 Å². The number of ether oxygens (including phenoxy) is 1. The lowest BCUT2D eigenvalue weighted by molar-refractivity contribution is 0.0896. The molecule has 2 rings (SSSR count). The van der Waals surface area contributed by atoms with Crippen LogP contribution in [0.4, 0.5) is 0 Å². The third-order valence-corrected chi connectivity index (χ3v) is 4.11. The van der Waals surface area contributed by atoms with Crippen LogP contribution in [0.2, 0.25) is 0 Å². The minimum atomic E-state index is -0.490. The zero-order valence-electron chi connectivity index (χ0n) is 15.4. The number of hydrogen-bond acceptors (Lipinski definition) is 3. The molecule has 1 unspecified atom stereocenters. The molecule has 1 aromatic carbocycles. The second-order valence-electron chi connectivity index (χ2n) is 7.89. The maximum atomic E-state index is 12.1. The first-order valence-corrected chi connectivity index (χ1v) is 8.64. The predicted molar refractivity (Wildman–Crippen MR) is 98.8 cm³/mol. The largest absolute Gasteiger partial charge is 0.490 e. The van der Waals surface area contributed by atoms with Crippen LogP contribution in [-0.4, -0.2) is 22.4 Å². The summed E-state index contributed by atoms with van der Waals surface area (Å²) < 4.78 is 7.62. The molecule has 4 heteroatoms. The Bertz CT molecular complexity index is 741. The molecule has 132 valence electrons. The molecule has 0 radical (unpaired) electrons. The second-order valence-corrected chi connectivity index (χ2v) is 7.89. The monoisotopic (exact) mass is 331 g/mol. The van der Waals surface area contributed by atoms with Crippen LogP contribution in [0, 0.1) is 5.41 Å². The lowest BCUT2D eigenvalue weighted by Crippen LogP contribution is -2.22. The molecule has 0 amide bonds. The number of pyridine rings is 1. The molecular weight excluding hydrogens is 302 g/mol. The highest BCUT2D eigenvalue weighted by Crippen LogP contribution is 2.27. The molecule has 0 aliphatic heterocycles. The SMILES string of the molecule is CC(C)n1c(=O)ccc2c(OCC(O)CCC(C)(C)C)cccc21. The smallest absolute Gasteiger partial charge is 0.251 e. The van der Waals surface area contributed by atoms with Gasteiger partial charge in [0.25, 0.3) is 5.56 Å². The summed E-state index contributed by atoms with van der Waals surface area (Å²) in [6.07, 6.45) is 1.17. The summed E-state index contributed by atoms with van der Waals surface area (Å²) in [6.45, 7) is 10.7. The van der Waals surface area contributed by atoms with E-state index >= 15 is 0 Å². The zero-order chi connectivity index (χ0) is 17.9. The summed E-state index contributed by atoms with van der Waals surface area (Å²) in [5.74, 6) is 0.705. The number of fused-ring (bicyclic) bond motifs is 1. The second kappa shape index (κ2) is 7.39. The van der Waals surface area contributed by atoms with Crippen molar-refractivity contribution in [3.8, 4) is 5.75 Å². The van der Waals surface area contributed by atoms with E-state index in [0.29, 0.717) is 12.2 Å². The van der Waals surface area contributed by atoms with Crippen LogP contribution in [0.1, 0.15) is 53.5 Å². The highest BCUT2D eigenvalue weighted by Gasteiger charge is 2.15. The Labute approximate surface area is 144 Å². The molecule has 4 nitrogen and oxygen atoms in total. The molecule has 0 spiro atoms. The molecule has 0 aliphatic carbocycles. The normalized spacial score (nSPS) is 13.5. The van der Waals surface area contributed by atoms with Crippen molar-refractivity contribution in [1.29, 1.82) is 0 Å². The van der Waals surface area contributed by atoms with Crippen LogP contribution in [0.3, 0.4) is 0 Å². The van der Waals surface area contributed by atoms with Gasteiger partial charge in [0.2, 0.25) is 0 Å². The van der Waals surface area contributed by atoms with Gasteiger partial charge in [0.1, 0.15) is 12.4 Å². The number of aliphatic hydroxyl groups is 1. The van der Waals surface area contributed by atoms with Gasteiger partial charge in [-0.2, -0.15) is 0 Å². The van der Waals surface area contributed by atoms with E-state index in [1.807, 2.05) is 32.0 Å². The number of aromatic nitrogens is 1. The van der Waals surface area contributed by atoms with Gasteiger partial charge in [-0.3, -0.25) is 4.79 Å². The third-order valence-electron chi connectivity index (χ3n) is 4.11. The van der Waals surface area contributed by atoms with Gasteiger partial charge in [0.15, 0.2) is 0 Å². The van der Waals surface area contributed by atoms with Crippen molar-refractivity contribution >= 4 is 10.9 Å². The Morgan fingerprint density at radius 2 is 1.88 bits per heavy atom. The number of nitrogens with zero attached hydrogens (tertiary/aromatic N) is 1. The van der Waals surface area contributed by atoms with E-state index in [9.17, 15) is 9.90 Å². The van der Waals surface area contributed by atoms with E-state index < -0.39 is 6.10 Å². The number of hydrogen-bond donors (Lipinski definition) is 1. The molecule has 1 aromatic heterocycles. The minimum Gasteiger partial charge on any atom is -0.490 e. The molecule has 0 bridgehead atoms. The first-order chi connectivity index (χ1) is 11.2. The molecule has 24 heavy (non-hydrogen) atoms. The molecule has 0 saturated carbocycles. The third kappa shape index (κ3) is 4.60. The van der Waals surface area contributed by atoms with Gasteiger partial charge in [0.05, 0.1) is 11.6 Å². The van der Waals surface area contributed by atoms with Gasteiger partial charge in [-0.05, 0) is 50.3 Å². The topological polar surface area (TPSA) is 51.5 Å². The highest BCUT2D eigenvalue weighted by atomic mass is 16.5. The number of rotatable bonds is 6. The molecule has 0 saturated heterocycles. The Hall–Kier alpha value is -1.81. The van der Waals surface area contributed by atoms with Crippen LogP contribution >= 0.6 is 0 Å². The van der Waals surface area contributed by atoms with Crippen LogP contribution < -0.4 is 10.3 Å². The van der Waals surface area contributed by atoms with Crippen LogP contribution in [0.25, 0.3) is 10.9 Å². The van der Waals surface area contributed by atoms with Gasteiger partial charge in [-0.25, -0.2) is 0 Å². The van der Waals surface area contributed by atoms with Crippen LogP contribution in [0.5, 0.6) is 5.75 Å². The number of benzene rings is 1. The van der Waals surface area contributed by atoms with Gasteiger partial charge >= 0.3 is 0 Å². The molecule has 0 fully saturated rings. The lowest BCUT2D eigenvalue weighted by atomic mass is 9.89. The Kier molecular flexibility index (Phi) is 5.70. The summed E-state index contributed by atoms with van der Waals surface area (Å²) in [5, 5.41) is 11.0. The fraction of sp³-hybridized carbons (Fsp3) is 0.550. The van der Waals surface area contributed by atoms with E-state index in [2.05, 4.69) is 20.8 Å². The Balaban J connectivity index is 2.19. The maximum absolute atomic E-state index is 12.1. The van der Waals surface area contributed by atoms with Crippen molar-refractivity contribution in [1.82, 2.24) is 4.57 Å². The molecule has 1 N–H and O–H groups in total.